The van der Waals surface area contributed by atoms with E-state index in [1.807, 2.05) is 6.92 Å². The van der Waals surface area contributed by atoms with Crippen LogP contribution >= 0.6 is 22.9 Å². The summed E-state index contributed by atoms with van der Waals surface area (Å²) in [5.41, 5.74) is 9.35. The Morgan fingerprint density at radius 1 is 1.00 bits per heavy atom. The van der Waals surface area contributed by atoms with E-state index in [1.165, 1.54) is 38.8 Å². The number of likely N-dealkylation sites (N-methyl/N-ethyl adjacent to an activating group) is 2. The molecule has 4 fully saturated rings. The number of hydrogen-bond acceptors (Lipinski definition) is 14. The number of carbonyl (C=O) groups is 5. The molecule has 0 radical (unpaired) electrons. The van der Waals surface area contributed by atoms with E-state index in [0.717, 1.165) is 16.2 Å². The number of ether oxygens (including phenoxy) is 2. The molecule has 3 heterocycles. The minimum Gasteiger partial charge on any atom is -0.456 e. The van der Waals surface area contributed by atoms with E-state index >= 15 is 0 Å². The van der Waals surface area contributed by atoms with Crippen molar-refractivity contribution in [3.05, 3.63) is 33.5 Å². The highest BCUT2D eigenvalue weighted by atomic mass is 35.5. The standard InChI is InChI=1S/C32H37ClN10O7S/c1-5-10-37-28-23-29(40-18(39-28)9-7-16-6-8-17(33)51-16)43(15-38-23)32-24-25(32)31(24,30(48)36-2)26(49-21(46)13-41(3)19(44)11-34)27(32)50-22(47)14-42(4)20(45)12-35/h6,8,15,24-27H,5,10-14,34-35H2,1-4H3,(H,36,48)(H,37,39,40)/t24-,25?,26?,27?,31?,32?/m1/s1. The summed E-state index contributed by atoms with van der Waals surface area (Å²) < 4.78 is 14.4. The SMILES string of the molecule is CCCNc1nc(C#Cc2ccc(Cl)s2)nc2c1ncn2C12C(OC(=O)CN(C)C(=O)CN)C(OC(=O)CN(C)C(=O)CN)C3(C(=O)NC)C1[C@H]32. The average Bonchev–Trinajstić information content (AvgIpc) is 3.74. The van der Waals surface area contributed by atoms with E-state index < -0.39 is 77.7 Å². The van der Waals surface area contributed by atoms with Crippen molar-refractivity contribution < 1.29 is 33.4 Å². The molecule has 4 saturated carbocycles. The minimum absolute atomic E-state index is 0.180. The third-order valence-corrected chi connectivity index (χ3v) is 10.8. The van der Waals surface area contributed by atoms with Crippen LogP contribution < -0.4 is 22.1 Å². The van der Waals surface area contributed by atoms with E-state index in [2.05, 4.69) is 32.4 Å². The molecular weight excluding hydrogens is 704 g/mol. The first-order chi connectivity index (χ1) is 24.4. The Morgan fingerprint density at radius 2 is 1.63 bits per heavy atom. The molecule has 3 aromatic heterocycles. The monoisotopic (exact) mass is 740 g/mol. The molecule has 6 atom stereocenters. The number of halogens is 1. The summed E-state index contributed by atoms with van der Waals surface area (Å²) in [7, 11) is 4.26. The highest BCUT2D eigenvalue weighted by Gasteiger charge is 3.07. The Labute approximate surface area is 301 Å². The summed E-state index contributed by atoms with van der Waals surface area (Å²) in [6.07, 6.45) is -0.154. The molecule has 0 saturated heterocycles. The molecule has 0 aromatic carbocycles. The topological polar surface area (TPSA) is 230 Å². The average molecular weight is 741 g/mol. The third kappa shape index (κ3) is 5.83. The molecule has 0 aliphatic heterocycles. The van der Waals surface area contributed by atoms with E-state index in [0.29, 0.717) is 32.7 Å². The number of aromatic nitrogens is 4. The van der Waals surface area contributed by atoms with Gasteiger partial charge in [-0.1, -0.05) is 18.5 Å². The number of fused-ring (bicyclic) bond motifs is 2. The maximum Gasteiger partial charge on any atom is 0.326 e. The van der Waals surface area contributed by atoms with E-state index in [-0.39, 0.29) is 18.9 Å². The number of esters is 2. The molecule has 3 amide bonds. The van der Waals surface area contributed by atoms with Crippen molar-refractivity contribution in [3.63, 3.8) is 0 Å². The first-order valence-electron chi connectivity index (χ1n) is 16.2. The van der Waals surface area contributed by atoms with Crippen LogP contribution in [0.25, 0.3) is 11.2 Å². The maximum absolute atomic E-state index is 13.6. The lowest BCUT2D eigenvalue weighted by Gasteiger charge is -2.28. The summed E-state index contributed by atoms with van der Waals surface area (Å²) in [6, 6.07) is 3.53. The lowest BCUT2D eigenvalue weighted by molar-refractivity contribution is -0.172. The van der Waals surface area contributed by atoms with Crippen LogP contribution in [0.2, 0.25) is 4.34 Å². The Balaban J connectivity index is 1.44. The minimum atomic E-state index is -1.26. The number of thiophene rings is 1. The maximum atomic E-state index is 13.6. The second kappa shape index (κ2) is 13.7. The summed E-state index contributed by atoms with van der Waals surface area (Å²) >= 11 is 7.40. The Hall–Kier alpha value is -4.83. The number of nitrogens with one attached hydrogen (secondary N) is 2. The van der Waals surface area contributed by atoms with Gasteiger partial charge in [0.05, 0.1) is 34.2 Å². The lowest BCUT2D eigenvalue weighted by Crippen LogP contribution is -2.46. The van der Waals surface area contributed by atoms with Gasteiger partial charge in [-0.2, -0.15) is 0 Å². The summed E-state index contributed by atoms with van der Waals surface area (Å²) in [5.74, 6) is 2.69. The number of anilines is 1. The Kier molecular flexibility index (Phi) is 9.67. The van der Waals surface area contributed by atoms with Gasteiger partial charge < -0.3 is 45.9 Å². The zero-order valence-corrected chi connectivity index (χ0v) is 29.8. The van der Waals surface area contributed by atoms with Crippen LogP contribution in [0.15, 0.2) is 18.5 Å². The van der Waals surface area contributed by atoms with Crippen molar-refractivity contribution in [2.75, 3.05) is 59.2 Å². The van der Waals surface area contributed by atoms with Crippen LogP contribution in [-0.4, -0.2) is 125 Å². The van der Waals surface area contributed by atoms with Crippen molar-refractivity contribution in [2.45, 2.75) is 31.1 Å². The van der Waals surface area contributed by atoms with Gasteiger partial charge in [-0.15, -0.1) is 11.3 Å². The number of hydrogen-bond donors (Lipinski definition) is 4. The van der Waals surface area contributed by atoms with Crippen LogP contribution in [0, 0.1) is 29.1 Å². The van der Waals surface area contributed by atoms with Gasteiger partial charge in [-0.05, 0) is 30.4 Å². The smallest absolute Gasteiger partial charge is 0.326 e. The number of carbonyl (C=O) groups excluding carboxylic acids is 5. The van der Waals surface area contributed by atoms with Gasteiger partial charge in [0.15, 0.2) is 29.2 Å². The fourth-order valence-electron chi connectivity index (χ4n) is 7.39. The fraction of sp³-hybridized carbons (Fsp3) is 0.500. The Bertz CT molecular complexity index is 1980. The van der Waals surface area contributed by atoms with Crippen molar-refractivity contribution in [1.29, 1.82) is 0 Å². The first-order valence-corrected chi connectivity index (χ1v) is 17.3. The molecule has 0 spiro atoms. The number of rotatable bonds is 13. The van der Waals surface area contributed by atoms with Gasteiger partial charge in [0.1, 0.15) is 18.5 Å². The van der Waals surface area contributed by atoms with Crippen LogP contribution in [0.4, 0.5) is 5.82 Å². The van der Waals surface area contributed by atoms with E-state index in [1.54, 1.807) is 16.7 Å². The molecule has 270 valence electrons. The van der Waals surface area contributed by atoms with Gasteiger partial charge >= 0.3 is 11.9 Å². The molecule has 4 aliphatic carbocycles. The first kappa shape index (κ1) is 36.0. The third-order valence-electron chi connectivity index (χ3n) is 9.64. The molecule has 7 rings (SSSR count). The number of amides is 3. The highest BCUT2D eigenvalue weighted by Crippen LogP contribution is 2.95. The molecule has 4 aliphatic rings. The molecule has 2 bridgehead atoms. The Morgan fingerprint density at radius 3 is 2.18 bits per heavy atom. The van der Waals surface area contributed by atoms with Crippen molar-refractivity contribution in [3.8, 4) is 11.8 Å². The molecule has 17 nitrogen and oxygen atoms in total. The molecule has 5 unspecified atom stereocenters. The van der Waals surface area contributed by atoms with Gasteiger partial charge in [0, 0.05) is 39.5 Å². The van der Waals surface area contributed by atoms with Crippen LogP contribution in [-0.2, 0) is 39.0 Å². The van der Waals surface area contributed by atoms with Gasteiger partial charge in [-0.25, -0.2) is 15.0 Å². The lowest BCUT2D eigenvalue weighted by atomic mass is 9.91. The van der Waals surface area contributed by atoms with Crippen molar-refractivity contribution in [2.24, 2.45) is 28.7 Å². The van der Waals surface area contributed by atoms with Crippen LogP contribution in [0.5, 0.6) is 0 Å². The van der Waals surface area contributed by atoms with Crippen molar-refractivity contribution in [1.82, 2.24) is 34.6 Å². The summed E-state index contributed by atoms with van der Waals surface area (Å²) in [5, 5.41) is 5.95. The van der Waals surface area contributed by atoms with Crippen LogP contribution in [0.3, 0.4) is 0 Å². The zero-order valence-electron chi connectivity index (χ0n) is 28.3. The quantitative estimate of drug-likeness (QED) is 0.123. The number of imidazole rings is 1. The van der Waals surface area contributed by atoms with Crippen LogP contribution in [0.1, 0.15) is 24.0 Å². The number of nitrogens with two attached hydrogens (primary N) is 2. The van der Waals surface area contributed by atoms with E-state index in [4.69, 9.17) is 37.5 Å². The predicted octanol–water partition coefficient (Wildman–Crippen LogP) is -0.878. The zero-order chi connectivity index (χ0) is 36.8. The molecule has 3 aromatic rings. The van der Waals surface area contributed by atoms with Crippen molar-refractivity contribution >= 4 is 69.6 Å². The highest BCUT2D eigenvalue weighted by molar-refractivity contribution is 7.16. The van der Waals surface area contributed by atoms with E-state index in [9.17, 15) is 24.0 Å². The van der Waals surface area contributed by atoms with Gasteiger partial charge in [-0.3, -0.25) is 24.0 Å². The van der Waals surface area contributed by atoms with Gasteiger partial charge in [0.2, 0.25) is 23.5 Å². The largest absolute Gasteiger partial charge is 0.456 e. The normalized spacial score (nSPS) is 24.8. The molecule has 6 N–H and O–H groups in total. The predicted molar refractivity (Wildman–Crippen MR) is 184 cm³/mol. The molecule has 19 heteroatoms. The molecular formula is C32H37ClN10O7S. The van der Waals surface area contributed by atoms with Gasteiger partial charge in [0.25, 0.3) is 0 Å². The fourth-order valence-corrected chi connectivity index (χ4v) is 8.29. The second-order valence-electron chi connectivity index (χ2n) is 12.5. The number of nitrogens with zero attached hydrogens (tertiary/aromatic N) is 6. The summed E-state index contributed by atoms with van der Waals surface area (Å²) in [6.45, 7) is 1.02. The molecule has 51 heavy (non-hydrogen) atoms. The summed E-state index contributed by atoms with van der Waals surface area (Å²) in [4.78, 5) is 81.7. The second-order valence-corrected chi connectivity index (χ2v) is 14.3.